The van der Waals surface area contributed by atoms with E-state index >= 15 is 4.39 Å². The van der Waals surface area contributed by atoms with Crippen molar-refractivity contribution in [1.82, 2.24) is 5.32 Å². The van der Waals surface area contributed by atoms with Crippen LogP contribution < -0.4 is 10.6 Å². The number of fused-ring (bicyclic) bond motifs is 3. The molecule has 4 nitrogen and oxygen atoms in total. The van der Waals surface area contributed by atoms with Gasteiger partial charge in [-0.1, -0.05) is 41.4 Å². The minimum atomic E-state index is -1.23. The normalized spacial score (nSPS) is 31.3. The van der Waals surface area contributed by atoms with Crippen LogP contribution in [0.3, 0.4) is 0 Å². The summed E-state index contributed by atoms with van der Waals surface area (Å²) in [6.07, 6.45) is 1.05. The molecule has 0 aromatic heterocycles. The highest BCUT2D eigenvalue weighted by atomic mass is 35.5. The number of carbonyl (C=O) groups excluding carboxylic acids is 2. The zero-order chi connectivity index (χ0) is 18.9. The Morgan fingerprint density at radius 1 is 1.15 bits per heavy atom. The van der Waals surface area contributed by atoms with Gasteiger partial charge < -0.3 is 5.32 Å². The summed E-state index contributed by atoms with van der Waals surface area (Å²) in [5, 5.41) is 6.72. The number of ketones is 1. The molecule has 3 aliphatic rings. The van der Waals surface area contributed by atoms with Crippen LogP contribution in [0.15, 0.2) is 36.4 Å². The van der Waals surface area contributed by atoms with Gasteiger partial charge in [-0.25, -0.2) is 4.39 Å². The van der Waals surface area contributed by atoms with Gasteiger partial charge in [-0.2, -0.15) is 0 Å². The number of Topliss-reactive ketones (excluding diaryl/α,β-unsaturated/α-hetero) is 1. The van der Waals surface area contributed by atoms with Crippen LogP contribution >= 0.6 is 23.2 Å². The maximum absolute atomic E-state index is 15.0. The molecule has 2 heterocycles. The first kappa shape index (κ1) is 17.2. The van der Waals surface area contributed by atoms with Gasteiger partial charge in [-0.05, 0) is 30.2 Å². The number of hydrogen-bond acceptors (Lipinski definition) is 3. The number of anilines is 1. The Balaban J connectivity index is 1.78. The van der Waals surface area contributed by atoms with Gasteiger partial charge in [0.1, 0.15) is 17.1 Å². The third-order valence-corrected chi connectivity index (χ3v) is 6.60. The largest absolute Gasteiger partial charge is 0.324 e. The van der Waals surface area contributed by atoms with Crippen molar-refractivity contribution in [2.45, 2.75) is 30.3 Å². The van der Waals surface area contributed by atoms with Crippen LogP contribution in [0.1, 0.15) is 29.9 Å². The lowest BCUT2D eigenvalue weighted by Crippen LogP contribution is -2.49. The van der Waals surface area contributed by atoms with E-state index in [1.54, 1.807) is 30.3 Å². The molecule has 1 saturated heterocycles. The summed E-state index contributed by atoms with van der Waals surface area (Å²) in [6.45, 7) is 0. The molecule has 2 N–H and O–H groups in total. The molecule has 2 aromatic rings. The summed E-state index contributed by atoms with van der Waals surface area (Å²) in [4.78, 5) is 25.9. The van der Waals surface area contributed by atoms with E-state index in [-0.39, 0.29) is 28.3 Å². The van der Waals surface area contributed by atoms with E-state index in [4.69, 9.17) is 23.2 Å². The Labute approximate surface area is 165 Å². The minimum absolute atomic E-state index is 0.0220. The third kappa shape index (κ3) is 2.19. The molecule has 27 heavy (non-hydrogen) atoms. The first-order chi connectivity index (χ1) is 12.9. The molecule has 0 bridgehead atoms. The van der Waals surface area contributed by atoms with Gasteiger partial charge in [0.15, 0.2) is 0 Å². The van der Waals surface area contributed by atoms with Crippen LogP contribution in [0.4, 0.5) is 10.1 Å². The molecule has 1 amide bonds. The number of benzene rings is 2. The van der Waals surface area contributed by atoms with Crippen molar-refractivity contribution in [1.29, 1.82) is 0 Å². The van der Waals surface area contributed by atoms with Gasteiger partial charge in [0.25, 0.3) is 0 Å². The van der Waals surface area contributed by atoms with Crippen LogP contribution in [0, 0.1) is 11.7 Å². The first-order valence-electron chi connectivity index (χ1n) is 8.79. The van der Waals surface area contributed by atoms with Gasteiger partial charge >= 0.3 is 0 Å². The van der Waals surface area contributed by atoms with Gasteiger partial charge in [0.05, 0.1) is 5.02 Å². The summed E-state index contributed by atoms with van der Waals surface area (Å²) in [5.41, 5.74) is 0.329. The summed E-state index contributed by atoms with van der Waals surface area (Å²) in [7, 11) is 0. The van der Waals surface area contributed by atoms with E-state index in [9.17, 15) is 9.59 Å². The van der Waals surface area contributed by atoms with Crippen LogP contribution in [-0.4, -0.2) is 17.7 Å². The van der Waals surface area contributed by atoms with Crippen LogP contribution in [-0.2, 0) is 15.1 Å². The predicted octanol–water partition coefficient (Wildman–Crippen LogP) is 4.01. The maximum atomic E-state index is 15.0. The lowest BCUT2D eigenvalue weighted by molar-refractivity contribution is -0.123. The third-order valence-electron chi connectivity index (χ3n) is 6.08. The summed E-state index contributed by atoms with van der Waals surface area (Å²) in [6, 6.07) is 9.68. The van der Waals surface area contributed by atoms with Crippen LogP contribution in [0.25, 0.3) is 0 Å². The SMILES string of the molecule is O=C1CC[C@@H]2N[C@@]3(C(=O)Nc4cc(Cl)ccc43)[C@@H](c3cccc(Cl)c3F)[C@H]12. The molecule has 1 saturated carbocycles. The van der Waals surface area contributed by atoms with Crippen molar-refractivity contribution >= 4 is 40.6 Å². The molecular formula is C20H15Cl2FN2O2. The van der Waals surface area contributed by atoms with Gasteiger partial charge in [-0.3, -0.25) is 14.9 Å². The lowest BCUT2D eigenvalue weighted by atomic mass is 9.71. The number of nitrogens with one attached hydrogen (secondary N) is 2. The average molecular weight is 405 g/mol. The zero-order valence-electron chi connectivity index (χ0n) is 14.1. The van der Waals surface area contributed by atoms with Crippen molar-refractivity contribution in [2.75, 3.05) is 5.32 Å². The van der Waals surface area contributed by atoms with Crippen molar-refractivity contribution in [3.63, 3.8) is 0 Å². The number of amides is 1. The van der Waals surface area contributed by atoms with E-state index < -0.39 is 23.2 Å². The average Bonchev–Trinajstić information content (AvgIpc) is 3.24. The second kappa shape index (κ2) is 5.77. The van der Waals surface area contributed by atoms with E-state index in [0.29, 0.717) is 29.1 Å². The van der Waals surface area contributed by atoms with Crippen molar-refractivity contribution in [3.05, 3.63) is 63.4 Å². The highest BCUT2D eigenvalue weighted by Crippen LogP contribution is 2.57. The van der Waals surface area contributed by atoms with Gasteiger partial charge in [0, 0.05) is 40.6 Å². The molecule has 138 valence electrons. The van der Waals surface area contributed by atoms with E-state index in [2.05, 4.69) is 10.6 Å². The molecule has 2 aromatic carbocycles. The molecule has 2 aliphatic heterocycles. The van der Waals surface area contributed by atoms with E-state index in [1.165, 1.54) is 6.07 Å². The summed E-state index contributed by atoms with van der Waals surface area (Å²) < 4.78 is 15.0. The molecule has 0 unspecified atom stereocenters. The first-order valence-corrected chi connectivity index (χ1v) is 9.55. The van der Waals surface area contributed by atoms with Crippen molar-refractivity contribution in [3.8, 4) is 0 Å². The maximum Gasteiger partial charge on any atom is 0.250 e. The fraction of sp³-hybridized carbons (Fsp3) is 0.300. The minimum Gasteiger partial charge on any atom is -0.324 e. The fourth-order valence-corrected chi connectivity index (χ4v) is 5.40. The standard InChI is InChI=1S/C20H15Cl2FN2O2/c21-9-4-5-11-14(8-9)24-19(27)20(11)17(10-2-1-3-12(22)18(10)23)16-13(25-20)6-7-15(16)26/h1-5,8,13,16-17,25H,6-7H2,(H,24,27)/t13-,16-,17-,20+/m0/s1. The number of carbonyl (C=O) groups is 2. The van der Waals surface area contributed by atoms with Crippen LogP contribution in [0.5, 0.6) is 0 Å². The molecule has 1 spiro atoms. The van der Waals surface area contributed by atoms with Crippen LogP contribution in [0.2, 0.25) is 10.0 Å². The fourth-order valence-electron chi connectivity index (χ4n) is 5.05. The number of rotatable bonds is 1. The zero-order valence-corrected chi connectivity index (χ0v) is 15.6. The molecule has 5 rings (SSSR count). The molecular weight excluding hydrogens is 390 g/mol. The number of halogens is 3. The van der Waals surface area contributed by atoms with Gasteiger partial charge in [-0.15, -0.1) is 0 Å². The Morgan fingerprint density at radius 2 is 1.96 bits per heavy atom. The molecule has 4 atom stereocenters. The summed E-state index contributed by atoms with van der Waals surface area (Å²) >= 11 is 12.1. The molecule has 1 aliphatic carbocycles. The molecule has 2 fully saturated rings. The van der Waals surface area contributed by atoms with E-state index in [1.807, 2.05) is 0 Å². The second-order valence-electron chi connectivity index (χ2n) is 7.35. The summed E-state index contributed by atoms with van der Waals surface area (Å²) in [5.74, 6) is -2.00. The Hall–Kier alpha value is -1.95. The van der Waals surface area contributed by atoms with E-state index in [0.717, 1.165) is 0 Å². The Morgan fingerprint density at radius 3 is 2.78 bits per heavy atom. The second-order valence-corrected chi connectivity index (χ2v) is 8.20. The van der Waals surface area contributed by atoms with Crippen molar-refractivity contribution in [2.24, 2.45) is 5.92 Å². The Kier molecular flexibility index (Phi) is 3.67. The Bertz CT molecular complexity index is 1010. The lowest BCUT2D eigenvalue weighted by Gasteiger charge is -2.32. The quantitative estimate of drug-likeness (QED) is 0.754. The number of hydrogen-bond donors (Lipinski definition) is 2. The van der Waals surface area contributed by atoms with Gasteiger partial charge in [0.2, 0.25) is 5.91 Å². The highest BCUT2D eigenvalue weighted by molar-refractivity contribution is 6.31. The molecule has 7 heteroatoms. The molecule has 0 radical (unpaired) electrons. The predicted molar refractivity (Wildman–Crippen MR) is 101 cm³/mol. The topological polar surface area (TPSA) is 58.2 Å². The van der Waals surface area contributed by atoms with Crippen molar-refractivity contribution < 1.29 is 14.0 Å². The smallest absolute Gasteiger partial charge is 0.250 e. The highest BCUT2D eigenvalue weighted by Gasteiger charge is 2.65. The monoisotopic (exact) mass is 404 g/mol.